The number of aromatic nitrogens is 1. The van der Waals surface area contributed by atoms with Gasteiger partial charge in [-0.2, -0.15) is 0 Å². The lowest BCUT2D eigenvalue weighted by atomic mass is 10.2. The summed E-state index contributed by atoms with van der Waals surface area (Å²) in [6.45, 7) is 3.89. The van der Waals surface area contributed by atoms with E-state index >= 15 is 0 Å². The zero-order valence-electron chi connectivity index (χ0n) is 14.5. The molecule has 1 aromatic heterocycles. The lowest BCUT2D eigenvalue weighted by Gasteiger charge is -2.09. The van der Waals surface area contributed by atoms with Gasteiger partial charge >= 0.3 is 0 Å². The van der Waals surface area contributed by atoms with Crippen molar-refractivity contribution in [2.24, 2.45) is 0 Å². The van der Waals surface area contributed by atoms with Gasteiger partial charge in [0.15, 0.2) is 0 Å². The van der Waals surface area contributed by atoms with Crippen LogP contribution in [0.3, 0.4) is 0 Å². The average molecular weight is 361 g/mol. The number of methoxy groups -OCH3 is 1. The highest BCUT2D eigenvalue weighted by molar-refractivity contribution is 6.32. The Morgan fingerprint density at radius 2 is 2.16 bits per heavy atom. The zero-order chi connectivity index (χ0) is 18.2. The molecule has 0 saturated heterocycles. The molecule has 0 aliphatic rings. The van der Waals surface area contributed by atoms with Crippen LogP contribution in [-0.2, 0) is 16.1 Å². The zero-order valence-corrected chi connectivity index (χ0v) is 15.2. The standard InChI is InChI=1S/C19H21ClN2O3/c1-13(22-14(2)23)4-5-15-7-9-19(21-11-15)25-18-8-6-16(12-24-3)10-17(18)20/h4-11,13H,12H2,1-3H3,(H,22,23)/b5-4+/t13-/m0/s1. The first-order chi connectivity index (χ1) is 12.0. The predicted octanol–water partition coefficient (Wildman–Crippen LogP) is 4.21. The molecule has 1 N–H and O–H groups in total. The fraction of sp³-hybridized carbons (Fsp3) is 0.263. The quantitative estimate of drug-likeness (QED) is 0.803. The summed E-state index contributed by atoms with van der Waals surface area (Å²) < 4.78 is 10.8. The Morgan fingerprint density at radius 1 is 1.36 bits per heavy atom. The van der Waals surface area contributed by atoms with Crippen molar-refractivity contribution in [1.82, 2.24) is 10.3 Å². The van der Waals surface area contributed by atoms with Crippen LogP contribution in [0.2, 0.25) is 5.02 Å². The molecule has 1 aromatic carbocycles. The Hall–Kier alpha value is -2.37. The fourth-order valence-electron chi connectivity index (χ4n) is 2.17. The van der Waals surface area contributed by atoms with Crippen molar-refractivity contribution < 1.29 is 14.3 Å². The lowest BCUT2D eigenvalue weighted by molar-refractivity contribution is -0.119. The molecular formula is C19H21ClN2O3. The van der Waals surface area contributed by atoms with E-state index in [1.807, 2.05) is 31.2 Å². The normalized spacial score (nSPS) is 12.2. The van der Waals surface area contributed by atoms with Crippen molar-refractivity contribution in [2.45, 2.75) is 26.5 Å². The molecule has 132 valence electrons. The summed E-state index contributed by atoms with van der Waals surface area (Å²) in [4.78, 5) is 15.2. The smallest absolute Gasteiger partial charge is 0.219 e. The van der Waals surface area contributed by atoms with Gasteiger partial charge < -0.3 is 14.8 Å². The third-order valence-electron chi connectivity index (χ3n) is 3.29. The van der Waals surface area contributed by atoms with E-state index in [-0.39, 0.29) is 11.9 Å². The van der Waals surface area contributed by atoms with E-state index in [0.29, 0.717) is 23.3 Å². The minimum atomic E-state index is -0.0626. The number of carbonyl (C=O) groups is 1. The minimum absolute atomic E-state index is 0.0437. The first-order valence-corrected chi connectivity index (χ1v) is 8.22. The number of hydrogen-bond donors (Lipinski definition) is 1. The number of nitrogens with zero attached hydrogens (tertiary/aromatic N) is 1. The maximum atomic E-state index is 11.0. The van der Waals surface area contributed by atoms with Crippen LogP contribution in [0.1, 0.15) is 25.0 Å². The van der Waals surface area contributed by atoms with Crippen molar-refractivity contribution in [3.05, 3.63) is 58.8 Å². The SMILES string of the molecule is COCc1ccc(Oc2ccc(/C=C/[C@H](C)NC(C)=O)cn2)c(Cl)c1. The van der Waals surface area contributed by atoms with E-state index in [4.69, 9.17) is 21.1 Å². The Kier molecular flexibility index (Phi) is 6.98. The number of carbonyl (C=O) groups excluding carboxylic acids is 1. The van der Waals surface area contributed by atoms with Crippen LogP contribution in [0.5, 0.6) is 11.6 Å². The van der Waals surface area contributed by atoms with Crippen molar-refractivity contribution in [3.8, 4) is 11.6 Å². The molecule has 0 saturated carbocycles. The van der Waals surface area contributed by atoms with E-state index in [2.05, 4.69) is 10.3 Å². The highest BCUT2D eigenvalue weighted by atomic mass is 35.5. The first kappa shape index (κ1) is 19.0. The molecule has 2 rings (SSSR count). The Bertz CT molecular complexity index is 745. The van der Waals surface area contributed by atoms with E-state index < -0.39 is 0 Å². The van der Waals surface area contributed by atoms with Crippen molar-refractivity contribution >= 4 is 23.6 Å². The average Bonchev–Trinajstić information content (AvgIpc) is 2.56. The second-order valence-corrected chi connectivity index (χ2v) is 5.99. The first-order valence-electron chi connectivity index (χ1n) is 7.84. The van der Waals surface area contributed by atoms with E-state index in [9.17, 15) is 4.79 Å². The van der Waals surface area contributed by atoms with Crippen LogP contribution in [0.15, 0.2) is 42.6 Å². The molecule has 0 radical (unpaired) electrons. The molecule has 5 nitrogen and oxygen atoms in total. The number of rotatable bonds is 7. The van der Waals surface area contributed by atoms with Gasteiger partial charge in [-0.3, -0.25) is 4.79 Å². The molecule has 0 spiro atoms. The minimum Gasteiger partial charge on any atom is -0.437 e. The van der Waals surface area contributed by atoms with Gasteiger partial charge in [-0.05, 0) is 36.2 Å². The second kappa shape index (κ2) is 9.20. The summed E-state index contributed by atoms with van der Waals surface area (Å²) in [5, 5.41) is 3.29. The maximum Gasteiger partial charge on any atom is 0.219 e. The van der Waals surface area contributed by atoms with Crippen LogP contribution < -0.4 is 10.1 Å². The molecule has 0 bridgehead atoms. The van der Waals surface area contributed by atoms with Crippen LogP contribution in [0.4, 0.5) is 0 Å². The van der Waals surface area contributed by atoms with Gasteiger partial charge in [0, 0.05) is 32.3 Å². The summed E-state index contributed by atoms with van der Waals surface area (Å²) in [6, 6.07) is 9.10. The van der Waals surface area contributed by atoms with Gasteiger partial charge in [0.25, 0.3) is 0 Å². The molecule has 25 heavy (non-hydrogen) atoms. The Labute approximate surface area is 152 Å². The Balaban J connectivity index is 2.00. The van der Waals surface area contributed by atoms with Crippen molar-refractivity contribution in [2.75, 3.05) is 7.11 Å². The molecule has 0 aliphatic carbocycles. The van der Waals surface area contributed by atoms with Crippen LogP contribution in [0, 0.1) is 0 Å². The highest BCUT2D eigenvalue weighted by Crippen LogP contribution is 2.29. The highest BCUT2D eigenvalue weighted by Gasteiger charge is 2.06. The van der Waals surface area contributed by atoms with Gasteiger partial charge in [-0.15, -0.1) is 0 Å². The van der Waals surface area contributed by atoms with E-state index in [1.165, 1.54) is 6.92 Å². The number of amides is 1. The molecule has 0 unspecified atom stereocenters. The van der Waals surface area contributed by atoms with Gasteiger partial charge in [0.1, 0.15) is 5.75 Å². The molecule has 1 heterocycles. The molecule has 2 aromatic rings. The van der Waals surface area contributed by atoms with Gasteiger partial charge in [0.05, 0.1) is 11.6 Å². The van der Waals surface area contributed by atoms with Gasteiger partial charge in [0.2, 0.25) is 11.8 Å². The number of nitrogens with one attached hydrogen (secondary N) is 1. The molecule has 1 atom stereocenters. The molecule has 6 heteroatoms. The summed E-state index contributed by atoms with van der Waals surface area (Å²) in [6.07, 6.45) is 5.48. The second-order valence-electron chi connectivity index (χ2n) is 5.58. The fourth-order valence-corrected chi connectivity index (χ4v) is 2.41. The number of hydrogen-bond acceptors (Lipinski definition) is 4. The number of benzene rings is 1. The third kappa shape index (κ3) is 6.21. The third-order valence-corrected chi connectivity index (χ3v) is 3.58. The predicted molar refractivity (Wildman–Crippen MR) is 98.8 cm³/mol. The number of halogens is 1. The Morgan fingerprint density at radius 3 is 2.76 bits per heavy atom. The molecule has 0 fully saturated rings. The van der Waals surface area contributed by atoms with Gasteiger partial charge in [-0.1, -0.05) is 29.8 Å². The molecule has 1 amide bonds. The lowest BCUT2D eigenvalue weighted by Crippen LogP contribution is -2.28. The molecular weight excluding hydrogens is 340 g/mol. The summed E-state index contributed by atoms with van der Waals surface area (Å²) >= 11 is 6.22. The number of pyridine rings is 1. The monoisotopic (exact) mass is 360 g/mol. The molecule has 0 aliphatic heterocycles. The van der Waals surface area contributed by atoms with Gasteiger partial charge in [-0.25, -0.2) is 4.98 Å². The maximum absolute atomic E-state index is 11.0. The van der Waals surface area contributed by atoms with Crippen molar-refractivity contribution in [1.29, 1.82) is 0 Å². The topological polar surface area (TPSA) is 60.5 Å². The summed E-state index contributed by atoms with van der Waals surface area (Å²) in [5.74, 6) is 0.928. The van der Waals surface area contributed by atoms with E-state index in [1.54, 1.807) is 31.5 Å². The van der Waals surface area contributed by atoms with Crippen LogP contribution in [-0.4, -0.2) is 24.0 Å². The van der Waals surface area contributed by atoms with Crippen LogP contribution >= 0.6 is 11.6 Å². The summed E-state index contributed by atoms with van der Waals surface area (Å²) in [5.41, 5.74) is 1.88. The summed E-state index contributed by atoms with van der Waals surface area (Å²) in [7, 11) is 1.63. The van der Waals surface area contributed by atoms with E-state index in [0.717, 1.165) is 11.1 Å². The largest absolute Gasteiger partial charge is 0.437 e. The van der Waals surface area contributed by atoms with Crippen molar-refractivity contribution in [3.63, 3.8) is 0 Å². The van der Waals surface area contributed by atoms with Crippen LogP contribution in [0.25, 0.3) is 6.08 Å². The number of ether oxygens (including phenoxy) is 2.